The lowest BCUT2D eigenvalue weighted by Crippen LogP contribution is -2.21. The lowest BCUT2D eigenvalue weighted by Gasteiger charge is -2.15. The standard InChI is InChI=1S/C24H15ClF3N7O4/c1-39-22-14-3-2-4-17(13(14)7-8-29-22)35-20(24(26,27)28)15(10-31-35)21(36)32-12-5-6-18(16(25)9-12)34-19(23(37)38)11-30-33-34/h2-11H,1H3,(H,32,36)(H,37,38). The van der Waals surface area contributed by atoms with Gasteiger partial charge in [0.1, 0.15) is 0 Å². The molecule has 1 amide bonds. The van der Waals surface area contributed by atoms with Gasteiger partial charge in [-0.2, -0.15) is 18.3 Å². The summed E-state index contributed by atoms with van der Waals surface area (Å²) < 4.78 is 49.7. The third-order valence-corrected chi connectivity index (χ3v) is 5.96. The summed E-state index contributed by atoms with van der Waals surface area (Å²) in [5.41, 5.74) is -2.04. The number of nitrogens with one attached hydrogen (secondary N) is 1. The summed E-state index contributed by atoms with van der Waals surface area (Å²) in [5, 5.41) is 23.5. The van der Waals surface area contributed by atoms with Crippen LogP contribution in [0.1, 0.15) is 26.5 Å². The fraction of sp³-hybridized carbons (Fsp3) is 0.0833. The molecular formula is C24H15ClF3N7O4. The van der Waals surface area contributed by atoms with E-state index in [1.54, 1.807) is 6.07 Å². The fourth-order valence-corrected chi connectivity index (χ4v) is 4.26. The molecule has 5 aromatic rings. The Labute approximate surface area is 221 Å². The Morgan fingerprint density at radius 3 is 2.54 bits per heavy atom. The number of benzene rings is 2. The van der Waals surface area contributed by atoms with Gasteiger partial charge in [0.2, 0.25) is 5.88 Å². The van der Waals surface area contributed by atoms with Gasteiger partial charge in [-0.15, -0.1) is 5.10 Å². The molecule has 0 atom stereocenters. The number of nitrogens with zero attached hydrogens (tertiary/aromatic N) is 6. The summed E-state index contributed by atoms with van der Waals surface area (Å²) in [4.78, 5) is 28.4. The predicted molar refractivity (Wildman–Crippen MR) is 132 cm³/mol. The SMILES string of the molecule is COc1nccc2c(-n3ncc(C(=O)Nc4ccc(-n5nncc5C(=O)O)c(Cl)c4)c3C(F)(F)F)cccc12. The second-order valence-corrected chi connectivity index (χ2v) is 8.37. The summed E-state index contributed by atoms with van der Waals surface area (Å²) in [7, 11) is 1.39. The monoisotopic (exact) mass is 557 g/mol. The number of carboxylic acid groups (broad SMARTS) is 1. The van der Waals surface area contributed by atoms with Gasteiger partial charge < -0.3 is 15.2 Å². The highest BCUT2D eigenvalue weighted by molar-refractivity contribution is 6.32. The molecule has 11 nitrogen and oxygen atoms in total. The number of rotatable bonds is 6. The number of fused-ring (bicyclic) bond motifs is 1. The van der Waals surface area contributed by atoms with E-state index in [9.17, 15) is 27.9 Å². The van der Waals surface area contributed by atoms with Crippen molar-refractivity contribution in [3.8, 4) is 17.3 Å². The zero-order valence-electron chi connectivity index (χ0n) is 19.6. The first kappa shape index (κ1) is 25.7. The van der Waals surface area contributed by atoms with Gasteiger partial charge in [0.25, 0.3) is 5.91 Å². The molecule has 0 saturated heterocycles. The molecule has 0 aliphatic heterocycles. The molecule has 198 valence electrons. The average molecular weight is 558 g/mol. The number of hydrogen-bond donors (Lipinski definition) is 2. The van der Waals surface area contributed by atoms with E-state index in [4.69, 9.17) is 16.3 Å². The number of pyridine rings is 1. The summed E-state index contributed by atoms with van der Waals surface area (Å²) in [6.45, 7) is 0. The molecule has 0 unspecified atom stereocenters. The number of anilines is 1. The molecule has 2 N–H and O–H groups in total. The zero-order valence-corrected chi connectivity index (χ0v) is 20.4. The molecule has 0 saturated carbocycles. The van der Waals surface area contributed by atoms with E-state index in [1.807, 2.05) is 0 Å². The third-order valence-electron chi connectivity index (χ3n) is 5.65. The number of hydrogen-bond acceptors (Lipinski definition) is 7. The van der Waals surface area contributed by atoms with E-state index in [0.29, 0.717) is 15.5 Å². The van der Waals surface area contributed by atoms with Gasteiger partial charge in [-0.3, -0.25) is 4.79 Å². The molecule has 39 heavy (non-hydrogen) atoms. The van der Waals surface area contributed by atoms with Crippen LogP contribution in [0.25, 0.3) is 22.1 Å². The second kappa shape index (κ2) is 9.72. The van der Waals surface area contributed by atoms with Crippen LogP contribution in [0, 0.1) is 0 Å². The van der Waals surface area contributed by atoms with Gasteiger partial charge in [-0.05, 0) is 36.4 Å². The van der Waals surface area contributed by atoms with Crippen LogP contribution in [0.4, 0.5) is 18.9 Å². The number of aromatic nitrogens is 6. The Morgan fingerprint density at radius 1 is 1.05 bits per heavy atom. The normalized spacial score (nSPS) is 11.5. The molecule has 15 heteroatoms. The van der Waals surface area contributed by atoms with E-state index in [1.165, 1.54) is 49.7 Å². The number of ether oxygens (including phenoxy) is 1. The maximum atomic E-state index is 14.3. The quantitative estimate of drug-likeness (QED) is 0.308. The molecule has 0 spiro atoms. The van der Waals surface area contributed by atoms with Crippen LogP contribution in [0.5, 0.6) is 5.88 Å². The van der Waals surface area contributed by atoms with Crippen molar-refractivity contribution in [1.29, 1.82) is 0 Å². The number of amides is 1. The maximum Gasteiger partial charge on any atom is 0.434 e. The molecule has 0 fully saturated rings. The highest BCUT2D eigenvalue weighted by Crippen LogP contribution is 2.36. The van der Waals surface area contributed by atoms with Crippen LogP contribution in [0.3, 0.4) is 0 Å². The summed E-state index contributed by atoms with van der Waals surface area (Å²) >= 11 is 6.25. The molecular weight excluding hydrogens is 543 g/mol. The maximum absolute atomic E-state index is 14.3. The molecule has 2 aromatic carbocycles. The number of carbonyl (C=O) groups excluding carboxylic acids is 1. The van der Waals surface area contributed by atoms with Crippen LogP contribution < -0.4 is 10.1 Å². The first-order chi connectivity index (χ1) is 18.6. The van der Waals surface area contributed by atoms with Gasteiger partial charge in [0, 0.05) is 22.7 Å². The van der Waals surface area contributed by atoms with Crippen molar-refractivity contribution in [1.82, 2.24) is 29.8 Å². The number of aromatic carboxylic acids is 1. The Kier molecular flexibility index (Phi) is 6.39. The Bertz CT molecular complexity index is 1750. The smallest absolute Gasteiger partial charge is 0.434 e. The first-order valence-corrected chi connectivity index (χ1v) is 11.3. The molecule has 0 aliphatic rings. The first-order valence-electron chi connectivity index (χ1n) is 10.9. The van der Waals surface area contributed by atoms with Crippen molar-refractivity contribution >= 4 is 39.9 Å². The largest absolute Gasteiger partial charge is 0.481 e. The van der Waals surface area contributed by atoms with Crippen molar-refractivity contribution in [3.63, 3.8) is 0 Å². The van der Waals surface area contributed by atoms with E-state index in [-0.39, 0.29) is 33.7 Å². The second-order valence-electron chi connectivity index (χ2n) is 7.97. The van der Waals surface area contributed by atoms with Crippen molar-refractivity contribution < 1.29 is 32.6 Å². The van der Waals surface area contributed by atoms with Crippen molar-refractivity contribution in [3.05, 3.63) is 83.0 Å². The van der Waals surface area contributed by atoms with Crippen LogP contribution in [0.15, 0.2) is 61.1 Å². The van der Waals surface area contributed by atoms with Crippen molar-refractivity contribution in [2.45, 2.75) is 6.18 Å². The minimum Gasteiger partial charge on any atom is -0.481 e. The van der Waals surface area contributed by atoms with Gasteiger partial charge >= 0.3 is 12.1 Å². The topological polar surface area (TPSA) is 137 Å². The molecule has 0 bridgehead atoms. The molecule has 0 radical (unpaired) electrons. The van der Waals surface area contributed by atoms with Gasteiger partial charge in [-0.1, -0.05) is 22.9 Å². The number of alkyl halides is 3. The summed E-state index contributed by atoms with van der Waals surface area (Å²) in [6, 6.07) is 10.0. The average Bonchev–Trinajstić information content (AvgIpc) is 3.56. The van der Waals surface area contributed by atoms with Crippen LogP contribution in [0.2, 0.25) is 5.02 Å². The highest BCUT2D eigenvalue weighted by Gasteiger charge is 2.41. The van der Waals surface area contributed by atoms with E-state index in [2.05, 4.69) is 25.7 Å². The zero-order chi connectivity index (χ0) is 27.9. The fourth-order valence-electron chi connectivity index (χ4n) is 3.99. The third kappa shape index (κ3) is 4.61. The molecule has 5 rings (SSSR count). The van der Waals surface area contributed by atoms with Crippen LogP contribution in [-0.4, -0.2) is 53.9 Å². The van der Waals surface area contributed by atoms with Crippen LogP contribution in [-0.2, 0) is 6.18 Å². The van der Waals surface area contributed by atoms with E-state index < -0.39 is 29.3 Å². The predicted octanol–water partition coefficient (Wildman–Crippen LogP) is 4.63. The van der Waals surface area contributed by atoms with Crippen LogP contribution >= 0.6 is 11.6 Å². The lowest BCUT2D eigenvalue weighted by atomic mass is 10.1. The minimum absolute atomic E-state index is 0.0362. The number of halogens is 4. The number of carboxylic acids is 1. The Morgan fingerprint density at radius 2 is 1.85 bits per heavy atom. The van der Waals surface area contributed by atoms with E-state index in [0.717, 1.165) is 17.1 Å². The number of carbonyl (C=O) groups is 2. The van der Waals surface area contributed by atoms with Gasteiger partial charge in [0.05, 0.1) is 41.5 Å². The van der Waals surface area contributed by atoms with Gasteiger partial charge in [-0.25, -0.2) is 19.1 Å². The highest BCUT2D eigenvalue weighted by atomic mass is 35.5. The van der Waals surface area contributed by atoms with E-state index >= 15 is 0 Å². The molecule has 0 aliphatic carbocycles. The lowest BCUT2D eigenvalue weighted by molar-refractivity contribution is -0.143. The Hall–Kier alpha value is -4.98. The minimum atomic E-state index is -4.95. The molecule has 3 aromatic heterocycles. The summed E-state index contributed by atoms with van der Waals surface area (Å²) in [6.07, 6.45) is -1.72. The summed E-state index contributed by atoms with van der Waals surface area (Å²) in [5.74, 6) is -2.18. The van der Waals surface area contributed by atoms with Gasteiger partial charge in [0.15, 0.2) is 11.4 Å². The van der Waals surface area contributed by atoms with Crippen molar-refractivity contribution in [2.75, 3.05) is 12.4 Å². The molecule has 3 heterocycles. The Balaban J connectivity index is 1.52. The number of methoxy groups -OCH3 is 1. The van der Waals surface area contributed by atoms with Crippen molar-refractivity contribution in [2.24, 2.45) is 0 Å².